The smallest absolute Gasteiger partial charge is 0.181 e. The predicted octanol–water partition coefficient (Wildman–Crippen LogP) is 1.26. The number of nitrogens with zero attached hydrogens (tertiary/aromatic N) is 1. The van der Waals surface area contributed by atoms with Gasteiger partial charge >= 0.3 is 0 Å². The second-order valence-corrected chi connectivity index (χ2v) is 6.30. The molecule has 1 rings (SSSR count). The fourth-order valence-corrected chi connectivity index (χ4v) is 3.18. The van der Waals surface area contributed by atoms with Crippen LogP contribution >= 0.6 is 11.6 Å². The van der Waals surface area contributed by atoms with Crippen molar-refractivity contribution in [2.45, 2.75) is 4.90 Å². The summed E-state index contributed by atoms with van der Waals surface area (Å²) in [6.45, 7) is 0.461. The zero-order valence-corrected chi connectivity index (χ0v) is 10.8. The molecule has 0 radical (unpaired) electrons. The van der Waals surface area contributed by atoms with E-state index in [2.05, 4.69) is 0 Å². The number of nitrogens with two attached hydrogens (primary N) is 1. The van der Waals surface area contributed by atoms with Gasteiger partial charge in [0.25, 0.3) is 0 Å². The Hall–Kier alpha value is -0.780. The molecule has 0 aliphatic heterocycles. The molecule has 0 unspecified atom stereocenters. The van der Waals surface area contributed by atoms with Crippen molar-refractivity contribution < 1.29 is 8.42 Å². The molecule has 1 aromatic rings. The van der Waals surface area contributed by atoms with E-state index in [0.29, 0.717) is 12.2 Å². The third-order valence-electron chi connectivity index (χ3n) is 2.10. The summed E-state index contributed by atoms with van der Waals surface area (Å²) < 4.78 is 23.8. The molecule has 16 heavy (non-hydrogen) atoms. The number of benzene rings is 1. The highest BCUT2D eigenvalue weighted by atomic mass is 35.5. The quantitative estimate of drug-likeness (QED) is 0.830. The van der Waals surface area contributed by atoms with Gasteiger partial charge < -0.3 is 10.6 Å². The molecule has 4 nitrogen and oxygen atoms in total. The van der Waals surface area contributed by atoms with E-state index in [9.17, 15) is 8.42 Å². The molecule has 2 N–H and O–H groups in total. The average Bonchev–Trinajstić information content (AvgIpc) is 2.14. The zero-order valence-electron chi connectivity index (χ0n) is 9.27. The molecule has 0 heterocycles. The molecule has 0 saturated carbocycles. The highest BCUT2D eigenvalue weighted by molar-refractivity contribution is 7.91. The lowest BCUT2D eigenvalue weighted by atomic mass is 10.3. The summed E-state index contributed by atoms with van der Waals surface area (Å²) in [5.74, 6) is 0.0453. The molecule has 0 fully saturated rings. The second kappa shape index (κ2) is 5.03. The van der Waals surface area contributed by atoms with E-state index in [1.807, 2.05) is 19.0 Å². The van der Waals surface area contributed by atoms with Crippen LogP contribution in [0.3, 0.4) is 0 Å². The van der Waals surface area contributed by atoms with Crippen molar-refractivity contribution in [3.05, 3.63) is 23.2 Å². The summed E-state index contributed by atoms with van der Waals surface area (Å²) in [5.41, 5.74) is 5.96. The molecule has 0 aromatic heterocycles. The molecule has 1 aromatic carbocycles. The van der Waals surface area contributed by atoms with E-state index in [1.165, 1.54) is 18.2 Å². The normalized spacial score (nSPS) is 12.0. The van der Waals surface area contributed by atoms with Gasteiger partial charge in [0.15, 0.2) is 9.84 Å². The van der Waals surface area contributed by atoms with Crippen molar-refractivity contribution >= 4 is 27.1 Å². The lowest BCUT2D eigenvalue weighted by Gasteiger charge is -2.11. The van der Waals surface area contributed by atoms with Crippen molar-refractivity contribution in [1.29, 1.82) is 0 Å². The minimum atomic E-state index is -3.33. The molecule has 0 aliphatic carbocycles. The Labute approximate surface area is 101 Å². The second-order valence-electron chi connectivity index (χ2n) is 3.81. The van der Waals surface area contributed by atoms with Crippen molar-refractivity contribution in [3.63, 3.8) is 0 Å². The van der Waals surface area contributed by atoms with Gasteiger partial charge in [-0.15, -0.1) is 0 Å². The number of halogens is 1. The Balaban J connectivity index is 2.99. The van der Waals surface area contributed by atoms with E-state index in [0.717, 1.165) is 0 Å². The first-order valence-electron chi connectivity index (χ1n) is 4.75. The number of anilines is 1. The van der Waals surface area contributed by atoms with Crippen molar-refractivity contribution in [2.75, 3.05) is 32.1 Å². The summed E-state index contributed by atoms with van der Waals surface area (Å²) in [5, 5.41) is 0.179. The maximum atomic E-state index is 11.9. The molecule has 0 atom stereocenters. The van der Waals surface area contributed by atoms with Gasteiger partial charge in [-0.05, 0) is 32.3 Å². The lowest BCUT2D eigenvalue weighted by molar-refractivity contribution is 0.432. The molecule has 0 saturated heterocycles. The lowest BCUT2D eigenvalue weighted by Crippen LogP contribution is -2.22. The number of sulfone groups is 1. The summed E-state index contributed by atoms with van der Waals surface area (Å²) in [6.07, 6.45) is 0. The molecular formula is C10H15ClN2O2S. The first-order chi connectivity index (χ1) is 7.33. The maximum Gasteiger partial charge on any atom is 0.181 e. The molecule has 0 amide bonds. The minimum Gasteiger partial charge on any atom is -0.399 e. The summed E-state index contributed by atoms with van der Waals surface area (Å²) in [7, 11) is 0.307. The Kier molecular flexibility index (Phi) is 4.18. The van der Waals surface area contributed by atoms with E-state index < -0.39 is 9.84 Å². The van der Waals surface area contributed by atoms with Crippen molar-refractivity contribution in [2.24, 2.45) is 0 Å². The monoisotopic (exact) mass is 262 g/mol. The van der Waals surface area contributed by atoms with E-state index in [1.54, 1.807) is 0 Å². The highest BCUT2D eigenvalue weighted by Gasteiger charge is 2.18. The van der Waals surface area contributed by atoms with E-state index >= 15 is 0 Å². The van der Waals surface area contributed by atoms with Gasteiger partial charge in [-0.1, -0.05) is 11.6 Å². The Morgan fingerprint density at radius 3 is 2.50 bits per heavy atom. The SMILES string of the molecule is CN(C)CCS(=O)(=O)c1ccc(N)cc1Cl. The van der Waals surface area contributed by atoms with Crippen LogP contribution in [0.5, 0.6) is 0 Å². The van der Waals surface area contributed by atoms with Crippen LogP contribution in [0.1, 0.15) is 0 Å². The van der Waals surface area contributed by atoms with Gasteiger partial charge in [0, 0.05) is 12.2 Å². The standard InChI is InChI=1S/C10H15ClN2O2S/c1-13(2)5-6-16(14,15)10-4-3-8(12)7-9(10)11/h3-4,7H,5-6,12H2,1-2H3. The molecule has 0 bridgehead atoms. The van der Waals surface area contributed by atoms with Crippen LogP contribution in [0.4, 0.5) is 5.69 Å². The van der Waals surface area contributed by atoms with Gasteiger partial charge in [0.1, 0.15) is 0 Å². The van der Waals surface area contributed by atoms with Crippen LogP contribution in [0.25, 0.3) is 0 Å². The summed E-state index contributed by atoms with van der Waals surface area (Å²) >= 11 is 5.86. The molecular weight excluding hydrogens is 248 g/mol. The van der Waals surface area contributed by atoms with Crippen LogP contribution in [0, 0.1) is 0 Å². The number of hydrogen-bond donors (Lipinski definition) is 1. The van der Waals surface area contributed by atoms with Crippen LogP contribution in [-0.4, -0.2) is 39.7 Å². The van der Waals surface area contributed by atoms with Gasteiger partial charge in [-0.2, -0.15) is 0 Å². The first-order valence-corrected chi connectivity index (χ1v) is 6.78. The van der Waals surface area contributed by atoms with E-state index in [4.69, 9.17) is 17.3 Å². The van der Waals surface area contributed by atoms with Crippen LogP contribution in [-0.2, 0) is 9.84 Å². The fraction of sp³-hybridized carbons (Fsp3) is 0.400. The maximum absolute atomic E-state index is 11.9. The topological polar surface area (TPSA) is 63.4 Å². The zero-order chi connectivity index (χ0) is 12.3. The van der Waals surface area contributed by atoms with Gasteiger partial charge in [-0.25, -0.2) is 8.42 Å². The third kappa shape index (κ3) is 3.37. The van der Waals surface area contributed by atoms with Gasteiger partial charge in [0.2, 0.25) is 0 Å². The molecule has 0 spiro atoms. The summed E-state index contributed by atoms with van der Waals surface area (Å²) in [4.78, 5) is 1.95. The Morgan fingerprint density at radius 2 is 2.00 bits per heavy atom. The van der Waals surface area contributed by atoms with Crippen LogP contribution in [0.15, 0.2) is 23.1 Å². The third-order valence-corrected chi connectivity index (χ3v) is 4.27. The Morgan fingerprint density at radius 1 is 1.38 bits per heavy atom. The van der Waals surface area contributed by atoms with Gasteiger partial charge in [-0.3, -0.25) is 0 Å². The minimum absolute atomic E-state index is 0.0453. The summed E-state index contributed by atoms with van der Waals surface area (Å²) in [6, 6.07) is 4.43. The number of nitrogen functional groups attached to an aromatic ring is 1. The fourth-order valence-electron chi connectivity index (χ4n) is 1.18. The largest absolute Gasteiger partial charge is 0.399 e. The molecule has 0 aliphatic rings. The first kappa shape index (κ1) is 13.3. The van der Waals surface area contributed by atoms with Crippen molar-refractivity contribution in [1.82, 2.24) is 4.90 Å². The van der Waals surface area contributed by atoms with Gasteiger partial charge in [0.05, 0.1) is 15.7 Å². The predicted molar refractivity (Wildman–Crippen MR) is 66.5 cm³/mol. The van der Waals surface area contributed by atoms with E-state index in [-0.39, 0.29) is 15.7 Å². The molecule has 90 valence electrons. The van der Waals surface area contributed by atoms with Crippen LogP contribution < -0.4 is 5.73 Å². The number of hydrogen-bond acceptors (Lipinski definition) is 4. The van der Waals surface area contributed by atoms with Crippen molar-refractivity contribution in [3.8, 4) is 0 Å². The Bertz CT molecular complexity index is 472. The highest BCUT2D eigenvalue weighted by Crippen LogP contribution is 2.24. The van der Waals surface area contributed by atoms with Crippen LogP contribution in [0.2, 0.25) is 5.02 Å². The number of rotatable bonds is 4. The average molecular weight is 263 g/mol. The molecule has 6 heteroatoms.